The average molecular weight is 529 g/mol. The molecule has 9 fully saturated rings. The molecule has 0 amide bonds. The van der Waals surface area contributed by atoms with E-state index in [1.54, 1.807) is 7.11 Å². The van der Waals surface area contributed by atoms with E-state index in [0.717, 1.165) is 51.4 Å². The highest BCUT2D eigenvalue weighted by Gasteiger charge is 2.63. The Morgan fingerprint density at radius 3 is 1.61 bits per heavy atom. The molecule has 6 unspecified atom stereocenters. The molecule has 0 aromatic heterocycles. The van der Waals surface area contributed by atoms with Gasteiger partial charge in [-0.2, -0.15) is 0 Å². The van der Waals surface area contributed by atoms with Gasteiger partial charge in [0.1, 0.15) is 0 Å². The minimum absolute atomic E-state index is 0.00788. The number of hydrogen-bond acceptors (Lipinski definition) is 6. The zero-order chi connectivity index (χ0) is 26.1. The molecule has 0 radical (unpaired) electrons. The van der Waals surface area contributed by atoms with E-state index in [1.807, 2.05) is 0 Å². The van der Waals surface area contributed by atoms with Crippen LogP contribution in [0.25, 0.3) is 0 Å². The standard InChI is InChI=1S/C32H48O6/c1-36-28-26-10-23-7-24(11-26)15-32(28,14-23)30(35)38-18-20-4-2-19(3-5-20)17-37-29(34)31-12-21-6-22(13-31)9-25(8-21)27(31)16-33/h19-28,33H,2-18H2,1H3. The molecule has 6 heteroatoms. The molecule has 1 N–H and O–H groups in total. The van der Waals surface area contributed by atoms with Crippen LogP contribution in [-0.4, -0.2) is 50.1 Å². The van der Waals surface area contributed by atoms with Crippen LogP contribution in [0.2, 0.25) is 0 Å². The predicted octanol–water partition coefficient (Wildman–Crippen LogP) is 5.16. The fourth-order valence-corrected chi connectivity index (χ4v) is 11.7. The molecule has 9 aliphatic rings. The number of esters is 2. The first kappa shape index (κ1) is 25.8. The van der Waals surface area contributed by atoms with Crippen LogP contribution in [0.3, 0.4) is 0 Å². The van der Waals surface area contributed by atoms with Crippen molar-refractivity contribution in [2.24, 2.45) is 64.1 Å². The van der Waals surface area contributed by atoms with Gasteiger partial charge in [-0.05, 0) is 137 Å². The highest BCUT2D eigenvalue weighted by atomic mass is 16.5. The number of ether oxygens (including phenoxy) is 3. The van der Waals surface area contributed by atoms with Gasteiger partial charge in [0, 0.05) is 19.6 Å². The molecule has 6 nitrogen and oxygen atoms in total. The molecule has 212 valence electrons. The lowest BCUT2D eigenvalue weighted by atomic mass is 9.45. The Bertz CT molecular complexity index is 821. The minimum atomic E-state index is -0.424. The Hall–Kier alpha value is -1.14. The Balaban J connectivity index is 0.890. The second kappa shape index (κ2) is 9.75. The van der Waals surface area contributed by atoms with Gasteiger partial charge in [-0.1, -0.05) is 0 Å². The van der Waals surface area contributed by atoms with Crippen molar-refractivity contribution in [3.05, 3.63) is 0 Å². The maximum atomic E-state index is 13.5. The molecule has 38 heavy (non-hydrogen) atoms. The Labute approximate surface area is 227 Å². The van der Waals surface area contributed by atoms with Crippen LogP contribution in [0.4, 0.5) is 0 Å². The molecular formula is C32H48O6. The van der Waals surface area contributed by atoms with E-state index in [2.05, 4.69) is 0 Å². The lowest BCUT2D eigenvalue weighted by molar-refractivity contribution is -0.204. The summed E-state index contributed by atoms with van der Waals surface area (Å²) in [5.74, 6) is 4.58. The zero-order valence-corrected chi connectivity index (χ0v) is 23.3. The molecule has 0 aromatic carbocycles. The molecule has 0 aromatic rings. The Morgan fingerprint density at radius 1 is 0.684 bits per heavy atom. The highest BCUT2D eigenvalue weighted by Crippen LogP contribution is 2.63. The normalized spacial score (nSPS) is 50.3. The number of methoxy groups -OCH3 is 1. The number of rotatable bonds is 8. The summed E-state index contributed by atoms with van der Waals surface area (Å²) in [5, 5.41) is 10.2. The van der Waals surface area contributed by atoms with Crippen molar-refractivity contribution < 1.29 is 28.9 Å². The molecule has 9 aliphatic carbocycles. The van der Waals surface area contributed by atoms with Crippen molar-refractivity contribution in [3.63, 3.8) is 0 Å². The van der Waals surface area contributed by atoms with Crippen LogP contribution >= 0.6 is 0 Å². The SMILES string of the molecule is COC1C2CC3CC(C2)CC1(C(=O)OCC1CCC(COC(=O)C24CC5CC(CC(C5)C2CO)C4)CC1)C3. The summed E-state index contributed by atoms with van der Waals surface area (Å²) in [6.45, 7) is 1.15. The summed E-state index contributed by atoms with van der Waals surface area (Å²) in [7, 11) is 1.78. The topological polar surface area (TPSA) is 82.1 Å². The molecule has 0 saturated heterocycles. The van der Waals surface area contributed by atoms with E-state index in [4.69, 9.17) is 14.2 Å². The molecule has 8 bridgehead atoms. The predicted molar refractivity (Wildman–Crippen MR) is 141 cm³/mol. The number of hydrogen-bond donors (Lipinski definition) is 1. The Kier molecular flexibility index (Phi) is 6.62. The van der Waals surface area contributed by atoms with Crippen molar-refractivity contribution in [1.82, 2.24) is 0 Å². The molecular weight excluding hydrogens is 480 g/mol. The van der Waals surface area contributed by atoms with Gasteiger partial charge < -0.3 is 19.3 Å². The summed E-state index contributed by atoms with van der Waals surface area (Å²) in [4.78, 5) is 27.0. The van der Waals surface area contributed by atoms with Gasteiger partial charge in [-0.25, -0.2) is 0 Å². The highest BCUT2D eigenvalue weighted by molar-refractivity contribution is 5.79. The van der Waals surface area contributed by atoms with E-state index in [1.165, 1.54) is 38.5 Å². The largest absolute Gasteiger partial charge is 0.465 e. The van der Waals surface area contributed by atoms with E-state index in [-0.39, 0.29) is 30.6 Å². The van der Waals surface area contributed by atoms with Gasteiger partial charge in [0.2, 0.25) is 0 Å². The Morgan fingerprint density at radius 2 is 1.13 bits per heavy atom. The smallest absolute Gasteiger partial charge is 0.314 e. The van der Waals surface area contributed by atoms with Crippen molar-refractivity contribution >= 4 is 11.9 Å². The van der Waals surface area contributed by atoms with Gasteiger partial charge in [0.05, 0.1) is 30.1 Å². The summed E-state index contributed by atoms with van der Waals surface area (Å²) < 4.78 is 18.0. The summed E-state index contributed by atoms with van der Waals surface area (Å²) >= 11 is 0. The third-order valence-corrected chi connectivity index (χ3v) is 12.9. The monoisotopic (exact) mass is 528 g/mol. The van der Waals surface area contributed by atoms with Gasteiger partial charge in [0.15, 0.2) is 0 Å². The van der Waals surface area contributed by atoms with Crippen LogP contribution in [0.15, 0.2) is 0 Å². The maximum Gasteiger partial charge on any atom is 0.314 e. The maximum absolute atomic E-state index is 13.5. The second-order valence-corrected chi connectivity index (χ2v) is 15.1. The molecule has 9 saturated carbocycles. The lowest BCUT2D eigenvalue weighted by Gasteiger charge is -2.59. The van der Waals surface area contributed by atoms with E-state index in [9.17, 15) is 14.7 Å². The average Bonchev–Trinajstić information content (AvgIpc) is 2.90. The van der Waals surface area contributed by atoms with Crippen molar-refractivity contribution in [2.75, 3.05) is 26.9 Å². The van der Waals surface area contributed by atoms with Gasteiger partial charge in [-0.15, -0.1) is 0 Å². The summed E-state index contributed by atoms with van der Waals surface area (Å²) in [5.41, 5.74) is -0.829. The molecule has 0 spiro atoms. The van der Waals surface area contributed by atoms with E-state index in [0.29, 0.717) is 60.6 Å². The fraction of sp³-hybridized carbons (Fsp3) is 0.938. The number of aliphatic hydroxyl groups is 1. The fourth-order valence-electron chi connectivity index (χ4n) is 11.7. The summed E-state index contributed by atoms with van der Waals surface area (Å²) in [6, 6.07) is 0. The lowest BCUT2D eigenvalue weighted by Crippen LogP contribution is -2.60. The molecule has 9 rings (SSSR count). The molecule has 0 aliphatic heterocycles. The molecule has 0 heterocycles. The summed E-state index contributed by atoms with van der Waals surface area (Å²) in [6.07, 6.45) is 15.3. The second-order valence-electron chi connectivity index (χ2n) is 15.1. The van der Waals surface area contributed by atoms with Gasteiger partial charge >= 0.3 is 11.9 Å². The van der Waals surface area contributed by atoms with Gasteiger partial charge in [-0.3, -0.25) is 9.59 Å². The first-order valence-corrected chi connectivity index (χ1v) is 15.9. The number of carbonyl (C=O) groups is 2. The van der Waals surface area contributed by atoms with Crippen molar-refractivity contribution in [1.29, 1.82) is 0 Å². The van der Waals surface area contributed by atoms with E-state index < -0.39 is 10.8 Å². The number of carbonyl (C=O) groups excluding carboxylic acids is 2. The van der Waals surface area contributed by atoms with Crippen LogP contribution in [0.1, 0.15) is 89.9 Å². The first-order chi connectivity index (χ1) is 18.4. The van der Waals surface area contributed by atoms with Crippen LogP contribution in [-0.2, 0) is 23.8 Å². The third kappa shape index (κ3) is 4.09. The zero-order valence-electron chi connectivity index (χ0n) is 23.3. The minimum Gasteiger partial charge on any atom is -0.465 e. The number of aliphatic hydroxyl groups excluding tert-OH is 1. The first-order valence-electron chi connectivity index (χ1n) is 15.9. The quantitative estimate of drug-likeness (QED) is 0.439. The molecule has 6 atom stereocenters. The van der Waals surface area contributed by atoms with Crippen LogP contribution < -0.4 is 0 Å². The van der Waals surface area contributed by atoms with Crippen molar-refractivity contribution in [3.8, 4) is 0 Å². The van der Waals surface area contributed by atoms with E-state index >= 15 is 0 Å². The van der Waals surface area contributed by atoms with Crippen LogP contribution in [0.5, 0.6) is 0 Å². The van der Waals surface area contributed by atoms with Gasteiger partial charge in [0.25, 0.3) is 0 Å². The van der Waals surface area contributed by atoms with Crippen molar-refractivity contribution in [2.45, 2.75) is 96.0 Å². The van der Waals surface area contributed by atoms with Crippen LogP contribution in [0, 0.1) is 64.1 Å². The third-order valence-electron chi connectivity index (χ3n) is 12.9.